The Labute approximate surface area is 121 Å². The number of hydrogen-bond donors (Lipinski definition) is 2. The van der Waals surface area contributed by atoms with Gasteiger partial charge in [0.2, 0.25) is 10.0 Å². The van der Waals surface area contributed by atoms with E-state index in [4.69, 9.17) is 5.73 Å². The fraction of sp³-hybridized carbons (Fsp3) is 0.600. The molecule has 1 aliphatic rings. The third kappa shape index (κ3) is 3.15. The van der Waals surface area contributed by atoms with E-state index < -0.39 is 10.0 Å². The molecule has 1 aliphatic carbocycles. The molecule has 0 radical (unpaired) electrons. The van der Waals surface area contributed by atoms with Gasteiger partial charge in [-0.15, -0.1) is 0 Å². The Bertz CT molecular complexity index is 593. The van der Waals surface area contributed by atoms with Crippen LogP contribution in [0, 0.1) is 26.7 Å². The van der Waals surface area contributed by atoms with E-state index >= 15 is 0 Å². The van der Waals surface area contributed by atoms with Crippen LogP contribution in [0.1, 0.15) is 42.9 Å². The lowest BCUT2D eigenvalue weighted by molar-refractivity contribution is 0.529. The molecule has 1 saturated carbocycles. The summed E-state index contributed by atoms with van der Waals surface area (Å²) < 4.78 is 28.0. The monoisotopic (exact) mass is 296 g/mol. The van der Waals surface area contributed by atoms with Gasteiger partial charge in [0.05, 0.1) is 4.90 Å². The van der Waals surface area contributed by atoms with Crippen molar-refractivity contribution >= 4 is 15.7 Å². The zero-order chi connectivity index (χ0) is 15.1. The maximum atomic E-state index is 12.6. The number of nitrogens with two attached hydrogens (primary N) is 1. The number of benzene rings is 1. The van der Waals surface area contributed by atoms with E-state index in [-0.39, 0.29) is 6.04 Å². The maximum Gasteiger partial charge on any atom is 0.241 e. The molecule has 0 amide bonds. The van der Waals surface area contributed by atoms with Crippen LogP contribution >= 0.6 is 0 Å². The van der Waals surface area contributed by atoms with Crippen LogP contribution < -0.4 is 10.5 Å². The summed E-state index contributed by atoms with van der Waals surface area (Å²) in [5.74, 6) is 0.692. The van der Waals surface area contributed by atoms with Crippen molar-refractivity contribution in [3.63, 3.8) is 0 Å². The molecule has 0 aromatic heterocycles. The Morgan fingerprint density at radius 1 is 1.30 bits per heavy atom. The standard InChI is InChI=1S/C15H24N2O2S/c1-9-7-14(16)12(4)15(11(9)3)20(18,19)17-10(2)8-13-5-6-13/h7,10,13,17H,5-6,8,16H2,1-4H3. The number of hydrogen-bond acceptors (Lipinski definition) is 3. The molecule has 0 aliphatic heterocycles. The summed E-state index contributed by atoms with van der Waals surface area (Å²) in [4.78, 5) is 0.345. The first-order valence-electron chi connectivity index (χ1n) is 7.11. The first-order valence-corrected chi connectivity index (χ1v) is 8.59. The van der Waals surface area contributed by atoms with E-state index in [2.05, 4.69) is 4.72 Å². The van der Waals surface area contributed by atoms with Gasteiger partial charge >= 0.3 is 0 Å². The van der Waals surface area contributed by atoms with E-state index in [1.165, 1.54) is 12.8 Å². The normalized spacial score (nSPS) is 17.2. The summed E-state index contributed by atoms with van der Waals surface area (Å²) in [6.45, 7) is 7.42. The zero-order valence-corrected chi connectivity index (χ0v) is 13.5. The van der Waals surface area contributed by atoms with E-state index in [9.17, 15) is 8.42 Å². The van der Waals surface area contributed by atoms with Crippen LogP contribution in [0.5, 0.6) is 0 Å². The smallest absolute Gasteiger partial charge is 0.241 e. The highest BCUT2D eigenvalue weighted by Gasteiger charge is 2.28. The number of nitrogen functional groups attached to an aromatic ring is 1. The highest BCUT2D eigenvalue weighted by Crippen LogP contribution is 2.34. The largest absolute Gasteiger partial charge is 0.398 e. The molecule has 4 nitrogen and oxygen atoms in total. The van der Waals surface area contributed by atoms with Crippen LogP contribution in [-0.2, 0) is 10.0 Å². The number of rotatable bonds is 5. The van der Waals surface area contributed by atoms with Gasteiger partial charge in [-0.3, -0.25) is 0 Å². The lowest BCUT2D eigenvalue weighted by Gasteiger charge is -2.19. The quantitative estimate of drug-likeness (QED) is 0.821. The summed E-state index contributed by atoms with van der Waals surface area (Å²) in [6, 6.07) is 1.80. The summed E-state index contributed by atoms with van der Waals surface area (Å²) in [7, 11) is -3.51. The summed E-state index contributed by atoms with van der Waals surface area (Å²) in [6.07, 6.45) is 3.36. The second kappa shape index (κ2) is 5.37. The molecule has 0 bridgehead atoms. The molecule has 0 heterocycles. The van der Waals surface area contributed by atoms with Gasteiger partial charge in [-0.2, -0.15) is 0 Å². The maximum absolute atomic E-state index is 12.6. The predicted octanol–water partition coefficient (Wildman–Crippen LogP) is 2.66. The van der Waals surface area contributed by atoms with Crippen molar-refractivity contribution in [1.29, 1.82) is 0 Å². The van der Waals surface area contributed by atoms with Gasteiger partial charge < -0.3 is 5.73 Å². The van der Waals surface area contributed by atoms with Crippen LogP contribution in [0.3, 0.4) is 0 Å². The van der Waals surface area contributed by atoms with Crippen molar-refractivity contribution in [3.8, 4) is 0 Å². The van der Waals surface area contributed by atoms with Crippen molar-refractivity contribution in [2.24, 2.45) is 5.92 Å². The fourth-order valence-corrected chi connectivity index (χ4v) is 4.50. The van der Waals surface area contributed by atoms with Crippen LogP contribution in [0.25, 0.3) is 0 Å². The second-order valence-electron chi connectivity index (χ2n) is 6.06. The molecule has 20 heavy (non-hydrogen) atoms. The van der Waals surface area contributed by atoms with Gasteiger partial charge in [0.15, 0.2) is 0 Å². The SMILES string of the molecule is Cc1cc(N)c(C)c(S(=O)(=O)NC(C)CC2CC2)c1C. The van der Waals surface area contributed by atoms with Gasteiger partial charge in [0.1, 0.15) is 0 Å². The molecule has 3 N–H and O–H groups in total. The Balaban J connectivity index is 2.33. The fourth-order valence-electron chi connectivity index (χ4n) is 2.67. The second-order valence-corrected chi connectivity index (χ2v) is 7.71. The Hall–Kier alpha value is -1.07. The van der Waals surface area contributed by atoms with Crippen molar-refractivity contribution in [2.75, 3.05) is 5.73 Å². The van der Waals surface area contributed by atoms with E-state index in [0.717, 1.165) is 17.5 Å². The molecule has 1 fully saturated rings. The summed E-state index contributed by atoms with van der Waals surface area (Å²) in [5, 5.41) is 0. The lowest BCUT2D eigenvalue weighted by atomic mass is 10.1. The van der Waals surface area contributed by atoms with Crippen LogP contribution in [-0.4, -0.2) is 14.5 Å². The van der Waals surface area contributed by atoms with Crippen LogP contribution in [0.15, 0.2) is 11.0 Å². The van der Waals surface area contributed by atoms with Crippen LogP contribution in [0.2, 0.25) is 0 Å². The van der Waals surface area contributed by atoms with Crippen molar-refractivity contribution < 1.29 is 8.42 Å². The number of sulfonamides is 1. The van der Waals surface area contributed by atoms with Crippen LogP contribution in [0.4, 0.5) is 5.69 Å². The van der Waals surface area contributed by atoms with E-state index in [1.807, 2.05) is 26.8 Å². The molecule has 0 saturated heterocycles. The Morgan fingerprint density at radius 2 is 1.90 bits per heavy atom. The molecule has 1 atom stereocenters. The average Bonchev–Trinajstić information content (AvgIpc) is 3.09. The highest BCUT2D eigenvalue weighted by molar-refractivity contribution is 7.89. The van der Waals surface area contributed by atoms with Gasteiger partial charge in [-0.25, -0.2) is 13.1 Å². The van der Waals surface area contributed by atoms with Crippen molar-refractivity contribution in [1.82, 2.24) is 4.72 Å². The molecular weight excluding hydrogens is 272 g/mol. The minimum atomic E-state index is -3.51. The van der Waals surface area contributed by atoms with Gasteiger partial charge in [0, 0.05) is 11.7 Å². The molecule has 1 aromatic rings. The molecule has 1 aromatic carbocycles. The zero-order valence-electron chi connectivity index (χ0n) is 12.7. The minimum absolute atomic E-state index is 0.0342. The van der Waals surface area contributed by atoms with Gasteiger partial charge in [-0.05, 0) is 62.8 Å². The highest BCUT2D eigenvalue weighted by atomic mass is 32.2. The summed E-state index contributed by atoms with van der Waals surface area (Å²) in [5.41, 5.74) is 8.77. The molecule has 0 spiro atoms. The van der Waals surface area contributed by atoms with Crippen molar-refractivity contribution in [2.45, 2.75) is 57.9 Å². The lowest BCUT2D eigenvalue weighted by Crippen LogP contribution is -2.34. The third-order valence-electron chi connectivity index (χ3n) is 4.09. The van der Waals surface area contributed by atoms with Crippen molar-refractivity contribution in [3.05, 3.63) is 22.8 Å². The molecular formula is C15H24N2O2S. The average molecular weight is 296 g/mol. The first-order chi connectivity index (χ1) is 9.22. The van der Waals surface area contributed by atoms with Gasteiger partial charge in [0.25, 0.3) is 0 Å². The molecule has 5 heteroatoms. The molecule has 2 rings (SSSR count). The topological polar surface area (TPSA) is 72.2 Å². The number of anilines is 1. The number of nitrogens with one attached hydrogen (secondary N) is 1. The molecule has 1 unspecified atom stereocenters. The predicted molar refractivity (Wildman–Crippen MR) is 82.2 cm³/mol. The first kappa shape index (κ1) is 15.3. The Kier molecular flexibility index (Phi) is 4.12. The van der Waals surface area contributed by atoms with E-state index in [0.29, 0.717) is 22.1 Å². The minimum Gasteiger partial charge on any atom is -0.398 e. The number of aryl methyl sites for hydroxylation is 1. The molecule has 112 valence electrons. The third-order valence-corrected chi connectivity index (χ3v) is 5.95. The van der Waals surface area contributed by atoms with Gasteiger partial charge in [-0.1, -0.05) is 12.8 Å². The Morgan fingerprint density at radius 3 is 2.45 bits per heavy atom. The van der Waals surface area contributed by atoms with E-state index in [1.54, 1.807) is 6.92 Å². The summed E-state index contributed by atoms with van der Waals surface area (Å²) >= 11 is 0.